The second-order valence-corrected chi connectivity index (χ2v) is 8.15. The van der Waals surface area contributed by atoms with Crippen LogP contribution in [-0.2, 0) is 22.6 Å². The van der Waals surface area contributed by atoms with Crippen molar-refractivity contribution in [3.63, 3.8) is 0 Å². The summed E-state index contributed by atoms with van der Waals surface area (Å²) < 4.78 is 65.7. The van der Waals surface area contributed by atoms with Gasteiger partial charge in [-0.15, -0.1) is 0 Å². The van der Waals surface area contributed by atoms with Gasteiger partial charge in [0.15, 0.2) is 0 Å². The van der Waals surface area contributed by atoms with Crippen molar-refractivity contribution in [1.82, 2.24) is 4.31 Å². The molecule has 3 rings (SSSR count). The van der Waals surface area contributed by atoms with Crippen LogP contribution in [0.4, 0.5) is 13.2 Å². The molecule has 134 valence electrons. The summed E-state index contributed by atoms with van der Waals surface area (Å²) >= 11 is 0. The van der Waals surface area contributed by atoms with E-state index in [9.17, 15) is 21.6 Å². The monoisotopic (exact) mass is 369 g/mol. The van der Waals surface area contributed by atoms with E-state index in [1.807, 2.05) is 24.3 Å². The molecule has 3 nitrogen and oxygen atoms in total. The van der Waals surface area contributed by atoms with E-state index in [1.165, 1.54) is 17.4 Å². The Kier molecular flexibility index (Phi) is 4.64. The molecule has 2 aromatic carbocycles. The summed E-state index contributed by atoms with van der Waals surface area (Å²) in [7, 11) is -2.60. The maximum absolute atomic E-state index is 12.9. The SMILES string of the molecule is CN(C1CCCc2ccccc21)S(=O)(=O)c1cccc(C(F)(F)F)c1. The van der Waals surface area contributed by atoms with Gasteiger partial charge in [0.2, 0.25) is 10.0 Å². The predicted octanol–water partition coefficient (Wildman–Crippen LogP) is 4.40. The Bertz CT molecular complexity index is 878. The van der Waals surface area contributed by atoms with Crippen molar-refractivity contribution in [3.05, 3.63) is 65.2 Å². The zero-order chi connectivity index (χ0) is 18.2. The first kappa shape index (κ1) is 17.9. The summed E-state index contributed by atoms with van der Waals surface area (Å²) in [4.78, 5) is -0.340. The number of hydrogen-bond donors (Lipinski definition) is 0. The number of nitrogens with zero attached hydrogens (tertiary/aromatic N) is 1. The van der Waals surface area contributed by atoms with E-state index in [-0.39, 0.29) is 10.9 Å². The van der Waals surface area contributed by atoms with Gasteiger partial charge in [-0.05, 0) is 48.6 Å². The first-order valence-electron chi connectivity index (χ1n) is 7.94. The summed E-state index contributed by atoms with van der Waals surface area (Å²) in [5, 5.41) is 0. The maximum atomic E-state index is 12.9. The molecule has 2 aromatic rings. The van der Waals surface area contributed by atoms with Crippen molar-refractivity contribution in [3.8, 4) is 0 Å². The second-order valence-electron chi connectivity index (χ2n) is 6.15. The van der Waals surface area contributed by atoms with Crippen LogP contribution in [0.15, 0.2) is 53.4 Å². The van der Waals surface area contributed by atoms with Gasteiger partial charge in [0.25, 0.3) is 0 Å². The van der Waals surface area contributed by atoms with Crippen LogP contribution in [0.5, 0.6) is 0 Å². The second kappa shape index (κ2) is 6.46. The minimum absolute atomic E-state index is 0.340. The fourth-order valence-electron chi connectivity index (χ4n) is 3.27. The zero-order valence-electron chi connectivity index (χ0n) is 13.6. The third kappa shape index (κ3) is 3.43. The highest BCUT2D eigenvalue weighted by Gasteiger charge is 2.35. The van der Waals surface area contributed by atoms with E-state index in [1.54, 1.807) is 0 Å². The van der Waals surface area contributed by atoms with Crippen LogP contribution in [0.2, 0.25) is 0 Å². The molecule has 1 aliphatic carbocycles. The molecule has 1 aliphatic rings. The summed E-state index contributed by atoms with van der Waals surface area (Å²) in [5.74, 6) is 0. The lowest BCUT2D eigenvalue weighted by Crippen LogP contribution is -2.33. The van der Waals surface area contributed by atoms with E-state index in [0.29, 0.717) is 12.5 Å². The molecule has 0 saturated carbocycles. The fourth-order valence-corrected chi connectivity index (χ4v) is 4.69. The minimum Gasteiger partial charge on any atom is -0.207 e. The Hall–Kier alpha value is -1.86. The average Bonchev–Trinajstić information content (AvgIpc) is 2.60. The summed E-state index contributed by atoms with van der Waals surface area (Å²) in [6.45, 7) is 0. The third-order valence-electron chi connectivity index (χ3n) is 4.62. The van der Waals surface area contributed by atoms with E-state index in [4.69, 9.17) is 0 Å². The van der Waals surface area contributed by atoms with E-state index < -0.39 is 21.8 Å². The average molecular weight is 369 g/mol. The highest BCUT2D eigenvalue weighted by molar-refractivity contribution is 7.89. The number of benzene rings is 2. The number of hydrogen-bond acceptors (Lipinski definition) is 2. The standard InChI is InChI=1S/C18H18F3NO2S/c1-22(17-11-4-7-13-6-2-3-10-16(13)17)25(23,24)15-9-5-8-14(12-15)18(19,20)21/h2-3,5-6,8-10,12,17H,4,7,11H2,1H3. The Morgan fingerprint density at radius 1 is 1.08 bits per heavy atom. The van der Waals surface area contributed by atoms with Gasteiger partial charge in [-0.25, -0.2) is 8.42 Å². The van der Waals surface area contributed by atoms with Gasteiger partial charge in [-0.2, -0.15) is 17.5 Å². The van der Waals surface area contributed by atoms with Crippen LogP contribution in [0.3, 0.4) is 0 Å². The van der Waals surface area contributed by atoms with Gasteiger partial charge in [-0.3, -0.25) is 0 Å². The molecule has 0 aliphatic heterocycles. The van der Waals surface area contributed by atoms with Crippen molar-refractivity contribution in [2.24, 2.45) is 0 Å². The van der Waals surface area contributed by atoms with Gasteiger partial charge < -0.3 is 0 Å². The Labute approximate surface area is 145 Å². The molecule has 25 heavy (non-hydrogen) atoms. The van der Waals surface area contributed by atoms with Crippen molar-refractivity contribution in [1.29, 1.82) is 0 Å². The first-order valence-corrected chi connectivity index (χ1v) is 9.38. The largest absolute Gasteiger partial charge is 0.416 e. The molecular formula is C18H18F3NO2S. The normalized spacial score (nSPS) is 18.2. The van der Waals surface area contributed by atoms with Crippen LogP contribution < -0.4 is 0 Å². The van der Waals surface area contributed by atoms with Gasteiger partial charge in [0, 0.05) is 13.1 Å². The maximum Gasteiger partial charge on any atom is 0.416 e. The Morgan fingerprint density at radius 3 is 2.52 bits per heavy atom. The van der Waals surface area contributed by atoms with E-state index >= 15 is 0 Å². The Morgan fingerprint density at radius 2 is 1.80 bits per heavy atom. The number of fused-ring (bicyclic) bond motifs is 1. The molecule has 0 spiro atoms. The molecule has 7 heteroatoms. The molecule has 0 saturated heterocycles. The predicted molar refractivity (Wildman–Crippen MR) is 88.5 cm³/mol. The molecular weight excluding hydrogens is 351 g/mol. The van der Waals surface area contributed by atoms with Crippen molar-refractivity contribution >= 4 is 10.0 Å². The molecule has 0 heterocycles. The van der Waals surface area contributed by atoms with Gasteiger partial charge in [0.1, 0.15) is 0 Å². The molecule has 0 aromatic heterocycles. The highest BCUT2D eigenvalue weighted by Crippen LogP contribution is 2.37. The molecule has 0 N–H and O–H groups in total. The van der Waals surface area contributed by atoms with Crippen LogP contribution >= 0.6 is 0 Å². The van der Waals surface area contributed by atoms with E-state index in [2.05, 4.69) is 0 Å². The third-order valence-corrected chi connectivity index (χ3v) is 6.48. The van der Waals surface area contributed by atoms with Crippen molar-refractivity contribution in [2.45, 2.75) is 36.4 Å². The number of rotatable bonds is 3. The van der Waals surface area contributed by atoms with Crippen LogP contribution in [0.25, 0.3) is 0 Å². The van der Waals surface area contributed by atoms with Gasteiger partial charge >= 0.3 is 6.18 Å². The number of alkyl halides is 3. The van der Waals surface area contributed by atoms with Crippen LogP contribution in [0, 0.1) is 0 Å². The number of sulfonamides is 1. The lowest BCUT2D eigenvalue weighted by Gasteiger charge is -2.32. The quantitative estimate of drug-likeness (QED) is 0.804. The topological polar surface area (TPSA) is 37.4 Å². The summed E-state index contributed by atoms with van der Waals surface area (Å²) in [6, 6.07) is 11.1. The summed E-state index contributed by atoms with van der Waals surface area (Å²) in [6.07, 6.45) is -2.22. The lowest BCUT2D eigenvalue weighted by molar-refractivity contribution is -0.137. The van der Waals surface area contributed by atoms with E-state index in [0.717, 1.165) is 36.1 Å². The number of halogens is 3. The van der Waals surface area contributed by atoms with Crippen molar-refractivity contribution < 1.29 is 21.6 Å². The Balaban J connectivity index is 1.99. The number of aryl methyl sites for hydroxylation is 1. The van der Waals surface area contributed by atoms with Gasteiger partial charge in [0.05, 0.1) is 10.5 Å². The zero-order valence-corrected chi connectivity index (χ0v) is 14.4. The van der Waals surface area contributed by atoms with Crippen LogP contribution in [-0.4, -0.2) is 19.8 Å². The molecule has 0 bridgehead atoms. The molecule has 1 atom stereocenters. The molecule has 0 radical (unpaired) electrons. The van der Waals surface area contributed by atoms with Crippen molar-refractivity contribution in [2.75, 3.05) is 7.05 Å². The summed E-state index contributed by atoms with van der Waals surface area (Å²) in [5.41, 5.74) is 1.04. The lowest BCUT2D eigenvalue weighted by atomic mass is 9.88. The molecule has 1 unspecified atom stereocenters. The smallest absolute Gasteiger partial charge is 0.207 e. The van der Waals surface area contributed by atoms with Crippen LogP contribution in [0.1, 0.15) is 35.6 Å². The van der Waals surface area contributed by atoms with Gasteiger partial charge in [-0.1, -0.05) is 30.3 Å². The molecule has 0 fully saturated rings. The molecule has 0 amide bonds. The first-order chi connectivity index (χ1) is 11.7. The highest BCUT2D eigenvalue weighted by atomic mass is 32.2. The minimum atomic E-state index is -4.58. The fraction of sp³-hybridized carbons (Fsp3) is 0.333.